The number of carbonyl (C=O) groups is 1. The summed E-state index contributed by atoms with van der Waals surface area (Å²) in [7, 11) is 0. The first kappa shape index (κ1) is 13.0. The van der Waals surface area contributed by atoms with Crippen LogP contribution in [-0.2, 0) is 4.79 Å². The number of aryl methyl sites for hydroxylation is 1. The summed E-state index contributed by atoms with van der Waals surface area (Å²) in [5, 5.41) is 12.3. The summed E-state index contributed by atoms with van der Waals surface area (Å²) in [6.45, 7) is 1.89. The number of amides is 1. The Labute approximate surface area is 117 Å². The van der Waals surface area contributed by atoms with Gasteiger partial charge in [-0.25, -0.2) is 0 Å². The summed E-state index contributed by atoms with van der Waals surface area (Å²) in [6.07, 6.45) is 5.49. The molecule has 1 aromatic rings. The fourth-order valence-corrected chi connectivity index (χ4v) is 4.15. The number of carbonyl (C=O) groups excluding carboxylic acids is 1. The molecule has 2 saturated carbocycles. The summed E-state index contributed by atoms with van der Waals surface area (Å²) < 4.78 is 0. The Balaban J connectivity index is 1.64. The first-order valence-electron chi connectivity index (χ1n) is 7.00. The molecular formula is C13H20N4OS. The molecule has 104 valence electrons. The van der Waals surface area contributed by atoms with E-state index in [2.05, 4.69) is 15.5 Å². The van der Waals surface area contributed by atoms with E-state index in [-0.39, 0.29) is 11.8 Å². The Kier molecular flexibility index (Phi) is 3.54. The maximum Gasteiger partial charge on any atom is 0.229 e. The van der Waals surface area contributed by atoms with Crippen molar-refractivity contribution >= 4 is 22.4 Å². The van der Waals surface area contributed by atoms with Crippen LogP contribution in [0.4, 0.5) is 5.13 Å². The van der Waals surface area contributed by atoms with Crippen molar-refractivity contribution in [2.45, 2.75) is 45.1 Å². The zero-order valence-electron chi connectivity index (χ0n) is 11.1. The second-order valence-corrected chi connectivity index (χ2v) is 6.99. The van der Waals surface area contributed by atoms with E-state index >= 15 is 0 Å². The summed E-state index contributed by atoms with van der Waals surface area (Å²) >= 11 is 1.42. The van der Waals surface area contributed by atoms with Gasteiger partial charge in [0.2, 0.25) is 11.0 Å². The lowest BCUT2D eigenvalue weighted by atomic mass is 9.65. The largest absolute Gasteiger partial charge is 0.327 e. The first-order chi connectivity index (χ1) is 9.13. The van der Waals surface area contributed by atoms with Gasteiger partial charge in [0, 0.05) is 12.0 Å². The van der Waals surface area contributed by atoms with Gasteiger partial charge in [-0.2, -0.15) is 0 Å². The van der Waals surface area contributed by atoms with Gasteiger partial charge in [-0.15, -0.1) is 10.2 Å². The van der Waals surface area contributed by atoms with Crippen LogP contribution in [0.3, 0.4) is 0 Å². The molecule has 2 bridgehead atoms. The molecule has 0 spiro atoms. The van der Waals surface area contributed by atoms with E-state index in [1.807, 2.05) is 6.92 Å². The van der Waals surface area contributed by atoms with E-state index in [1.165, 1.54) is 30.6 Å². The molecule has 0 saturated heterocycles. The van der Waals surface area contributed by atoms with E-state index in [9.17, 15) is 4.79 Å². The average molecular weight is 280 g/mol. The van der Waals surface area contributed by atoms with Gasteiger partial charge in [-0.3, -0.25) is 4.79 Å². The van der Waals surface area contributed by atoms with Gasteiger partial charge in [-0.1, -0.05) is 17.8 Å². The normalized spacial score (nSPS) is 34.0. The van der Waals surface area contributed by atoms with Gasteiger partial charge >= 0.3 is 0 Å². The van der Waals surface area contributed by atoms with Crippen molar-refractivity contribution in [3.63, 3.8) is 0 Å². The molecule has 0 radical (unpaired) electrons. The molecule has 2 atom stereocenters. The third-order valence-corrected chi connectivity index (χ3v) is 5.29. The van der Waals surface area contributed by atoms with Gasteiger partial charge in [0.05, 0.1) is 0 Å². The molecule has 5 nitrogen and oxygen atoms in total. The molecular weight excluding hydrogens is 260 g/mol. The molecule has 1 amide bonds. The Morgan fingerprint density at radius 3 is 2.58 bits per heavy atom. The number of rotatable bonds is 2. The van der Waals surface area contributed by atoms with Crippen molar-refractivity contribution in [1.82, 2.24) is 10.2 Å². The fraction of sp³-hybridized carbons (Fsp3) is 0.769. The Bertz CT molecular complexity index is 461. The minimum Gasteiger partial charge on any atom is -0.327 e. The lowest BCUT2D eigenvalue weighted by Gasteiger charge is -2.43. The number of anilines is 1. The van der Waals surface area contributed by atoms with Crippen molar-refractivity contribution in [2.24, 2.45) is 23.5 Å². The molecule has 3 N–H and O–H groups in total. The highest BCUT2D eigenvalue weighted by Gasteiger charge is 2.40. The molecule has 1 aromatic heterocycles. The van der Waals surface area contributed by atoms with E-state index in [0.29, 0.717) is 23.0 Å². The van der Waals surface area contributed by atoms with Crippen molar-refractivity contribution < 1.29 is 4.79 Å². The van der Waals surface area contributed by atoms with Gasteiger partial charge in [0.15, 0.2) is 0 Å². The van der Waals surface area contributed by atoms with Crippen molar-refractivity contribution in [2.75, 3.05) is 5.32 Å². The second kappa shape index (κ2) is 5.17. The third-order valence-electron chi connectivity index (χ3n) is 4.54. The summed E-state index contributed by atoms with van der Waals surface area (Å²) in [4.78, 5) is 12.3. The molecule has 2 aliphatic carbocycles. The minimum absolute atomic E-state index is 0.0966. The predicted molar refractivity (Wildman–Crippen MR) is 74.8 cm³/mol. The molecule has 19 heavy (non-hydrogen) atoms. The highest BCUT2D eigenvalue weighted by molar-refractivity contribution is 7.15. The predicted octanol–water partition coefficient (Wildman–Crippen LogP) is 1.94. The van der Waals surface area contributed by atoms with Crippen LogP contribution in [0.2, 0.25) is 0 Å². The van der Waals surface area contributed by atoms with Crippen LogP contribution in [0.5, 0.6) is 0 Å². The highest BCUT2D eigenvalue weighted by Crippen LogP contribution is 2.42. The Morgan fingerprint density at radius 2 is 2.00 bits per heavy atom. The standard InChI is InChI=1S/C13H20N4OS/c1-7-16-17-13(19-7)15-12(18)10-5-8-3-2-4-9(6-10)11(8)14/h8-11H,2-6,14H2,1H3,(H,15,17,18). The monoisotopic (exact) mass is 280 g/mol. The highest BCUT2D eigenvalue weighted by atomic mass is 32.1. The average Bonchev–Trinajstić information content (AvgIpc) is 2.74. The number of aromatic nitrogens is 2. The first-order valence-corrected chi connectivity index (χ1v) is 7.81. The quantitative estimate of drug-likeness (QED) is 0.867. The molecule has 1 heterocycles. The van der Waals surface area contributed by atoms with Crippen LogP contribution < -0.4 is 11.1 Å². The lowest BCUT2D eigenvalue weighted by molar-refractivity contribution is -0.122. The van der Waals surface area contributed by atoms with Gasteiger partial charge < -0.3 is 11.1 Å². The topological polar surface area (TPSA) is 80.9 Å². The lowest BCUT2D eigenvalue weighted by Crippen LogP contribution is -2.48. The second-order valence-electron chi connectivity index (χ2n) is 5.81. The number of hydrogen-bond donors (Lipinski definition) is 2. The number of nitrogens with zero attached hydrogens (tertiary/aromatic N) is 2. The maximum absolute atomic E-state index is 12.3. The van der Waals surface area contributed by atoms with Crippen molar-refractivity contribution in [1.29, 1.82) is 0 Å². The number of hydrogen-bond acceptors (Lipinski definition) is 5. The van der Waals surface area contributed by atoms with Crippen molar-refractivity contribution in [3.05, 3.63) is 5.01 Å². The summed E-state index contributed by atoms with van der Waals surface area (Å²) in [6, 6.07) is 0.307. The SMILES string of the molecule is Cc1nnc(NC(=O)C2CC3CCCC(C2)C3N)s1. The molecule has 0 aromatic carbocycles. The molecule has 2 unspecified atom stereocenters. The fourth-order valence-electron chi connectivity index (χ4n) is 3.56. The van der Waals surface area contributed by atoms with Crippen LogP contribution in [0, 0.1) is 24.7 Å². The van der Waals surface area contributed by atoms with Gasteiger partial charge in [0.25, 0.3) is 0 Å². The molecule has 2 fully saturated rings. The van der Waals surface area contributed by atoms with Crippen LogP contribution in [-0.4, -0.2) is 22.1 Å². The van der Waals surface area contributed by atoms with Crippen molar-refractivity contribution in [3.8, 4) is 0 Å². The van der Waals surface area contributed by atoms with Gasteiger partial charge in [-0.05, 0) is 44.4 Å². The summed E-state index contributed by atoms with van der Waals surface area (Å²) in [5.74, 6) is 1.25. The molecule has 0 aliphatic heterocycles. The van der Waals surface area contributed by atoms with E-state index < -0.39 is 0 Å². The van der Waals surface area contributed by atoms with Crippen LogP contribution >= 0.6 is 11.3 Å². The Hall–Kier alpha value is -1.01. The smallest absolute Gasteiger partial charge is 0.229 e. The van der Waals surface area contributed by atoms with Crippen LogP contribution in [0.1, 0.15) is 37.1 Å². The van der Waals surface area contributed by atoms with E-state index in [0.717, 1.165) is 17.8 Å². The third kappa shape index (κ3) is 2.65. The van der Waals surface area contributed by atoms with Crippen LogP contribution in [0.25, 0.3) is 0 Å². The number of fused-ring (bicyclic) bond motifs is 2. The van der Waals surface area contributed by atoms with E-state index in [1.54, 1.807) is 0 Å². The molecule has 3 rings (SSSR count). The molecule has 6 heteroatoms. The van der Waals surface area contributed by atoms with Crippen LogP contribution in [0.15, 0.2) is 0 Å². The minimum atomic E-state index is 0.0966. The Morgan fingerprint density at radius 1 is 1.32 bits per heavy atom. The van der Waals surface area contributed by atoms with Gasteiger partial charge in [0.1, 0.15) is 5.01 Å². The molecule has 2 aliphatic rings. The zero-order valence-corrected chi connectivity index (χ0v) is 11.9. The number of nitrogens with two attached hydrogens (primary N) is 1. The maximum atomic E-state index is 12.3. The number of nitrogens with one attached hydrogen (secondary N) is 1. The zero-order chi connectivity index (χ0) is 13.4. The van der Waals surface area contributed by atoms with E-state index in [4.69, 9.17) is 5.73 Å². The summed E-state index contributed by atoms with van der Waals surface area (Å²) in [5.41, 5.74) is 6.25.